The predicted molar refractivity (Wildman–Crippen MR) is 107 cm³/mol. The van der Waals surface area contributed by atoms with Gasteiger partial charge in [0.2, 0.25) is 0 Å². The van der Waals surface area contributed by atoms with Crippen LogP contribution in [0.25, 0.3) is 6.08 Å². The van der Waals surface area contributed by atoms with Crippen LogP contribution in [0.4, 0.5) is 13.2 Å². The highest BCUT2D eigenvalue weighted by molar-refractivity contribution is 5.94. The zero-order valence-corrected chi connectivity index (χ0v) is 16.8. The molecule has 0 unspecified atom stereocenters. The Labute approximate surface area is 172 Å². The molecule has 7 heteroatoms. The van der Waals surface area contributed by atoms with Crippen LogP contribution in [0.15, 0.2) is 65.8 Å². The highest BCUT2D eigenvalue weighted by atomic mass is 19.4. The van der Waals surface area contributed by atoms with E-state index in [1.807, 2.05) is 0 Å². The normalized spacial score (nSPS) is 22.6. The average Bonchev–Trinajstić information content (AvgIpc) is 2.60. The first-order valence-corrected chi connectivity index (χ1v) is 9.18. The maximum Gasteiger partial charge on any atom is 0.416 e. The van der Waals surface area contributed by atoms with Crippen LogP contribution in [0.2, 0.25) is 0 Å². The smallest absolute Gasteiger partial charge is 0.416 e. The number of rotatable bonds is 5. The lowest BCUT2D eigenvalue weighted by Crippen LogP contribution is -2.48. The summed E-state index contributed by atoms with van der Waals surface area (Å²) in [5.74, 6) is -1.32. The standard InChI is InChI=1S/C23H23F3O4/c1-15(12-20(28)29)10-11-22(30)18(13-19(27)14-21(22,2)3)9-6-16-4-7-17(8-5-16)23(24,25)26/h4-13,30H,14H2,1-3H3,(H,28,29)/b9-6+,11-10+,15-12-/t22-/m1/s1. The van der Waals surface area contributed by atoms with Crippen LogP contribution in [-0.2, 0) is 15.8 Å². The van der Waals surface area contributed by atoms with Gasteiger partial charge >= 0.3 is 12.1 Å². The van der Waals surface area contributed by atoms with Gasteiger partial charge in [-0.3, -0.25) is 4.79 Å². The molecule has 2 N–H and O–H groups in total. The molecule has 0 heterocycles. The first-order valence-electron chi connectivity index (χ1n) is 9.18. The Morgan fingerprint density at radius 1 is 1.13 bits per heavy atom. The average molecular weight is 420 g/mol. The monoisotopic (exact) mass is 420 g/mol. The molecule has 0 aliphatic heterocycles. The highest BCUT2D eigenvalue weighted by Gasteiger charge is 2.47. The van der Waals surface area contributed by atoms with Gasteiger partial charge in [0.15, 0.2) is 5.78 Å². The minimum Gasteiger partial charge on any atom is -0.478 e. The van der Waals surface area contributed by atoms with E-state index in [-0.39, 0.29) is 17.8 Å². The fourth-order valence-corrected chi connectivity index (χ4v) is 3.26. The molecule has 0 saturated heterocycles. The lowest BCUT2D eigenvalue weighted by molar-refractivity contribution is -0.137. The van der Waals surface area contributed by atoms with E-state index < -0.39 is 28.7 Å². The molecule has 0 saturated carbocycles. The van der Waals surface area contributed by atoms with Gasteiger partial charge in [0.25, 0.3) is 0 Å². The number of hydrogen-bond donors (Lipinski definition) is 2. The molecule has 2 rings (SSSR count). The molecule has 4 nitrogen and oxygen atoms in total. The molecule has 1 aromatic rings. The van der Waals surface area contributed by atoms with Crippen LogP contribution in [-0.4, -0.2) is 27.6 Å². The Hall–Kier alpha value is -2.93. The fourth-order valence-electron chi connectivity index (χ4n) is 3.26. The number of allylic oxidation sites excluding steroid dienone is 3. The van der Waals surface area contributed by atoms with E-state index in [1.54, 1.807) is 20.8 Å². The number of hydrogen-bond acceptors (Lipinski definition) is 3. The summed E-state index contributed by atoms with van der Waals surface area (Å²) in [5, 5.41) is 20.3. The number of halogens is 3. The summed E-state index contributed by atoms with van der Waals surface area (Å²) < 4.78 is 38.1. The molecule has 30 heavy (non-hydrogen) atoms. The molecule has 0 fully saturated rings. The van der Waals surface area contributed by atoms with E-state index in [4.69, 9.17) is 5.11 Å². The summed E-state index contributed by atoms with van der Waals surface area (Å²) in [7, 11) is 0. The van der Waals surface area contributed by atoms with Crippen molar-refractivity contribution in [3.05, 3.63) is 76.9 Å². The number of alkyl halides is 3. The summed E-state index contributed by atoms with van der Waals surface area (Å²) in [5.41, 5.74) is -2.12. The summed E-state index contributed by atoms with van der Waals surface area (Å²) in [4.78, 5) is 23.0. The van der Waals surface area contributed by atoms with Crippen molar-refractivity contribution >= 4 is 17.8 Å². The largest absolute Gasteiger partial charge is 0.478 e. The van der Waals surface area contributed by atoms with Gasteiger partial charge in [0.1, 0.15) is 5.60 Å². The van der Waals surface area contributed by atoms with Crippen molar-refractivity contribution in [1.29, 1.82) is 0 Å². The molecule has 1 aliphatic rings. The third-order valence-electron chi connectivity index (χ3n) is 5.04. The van der Waals surface area contributed by atoms with E-state index in [2.05, 4.69) is 0 Å². The predicted octanol–water partition coefficient (Wildman–Crippen LogP) is 4.96. The SMILES string of the molecule is CC(=C/C(=O)O)/C=C/[C@@]1(O)C(/C=C/c2ccc(C(F)(F)F)cc2)=CC(=O)CC1(C)C. The topological polar surface area (TPSA) is 74.6 Å². The molecule has 160 valence electrons. The van der Waals surface area contributed by atoms with Gasteiger partial charge in [-0.05, 0) is 47.9 Å². The molecule has 0 spiro atoms. The number of aliphatic hydroxyl groups is 1. The van der Waals surface area contributed by atoms with Gasteiger partial charge in [0.05, 0.1) is 5.56 Å². The van der Waals surface area contributed by atoms with Crippen molar-refractivity contribution in [3.63, 3.8) is 0 Å². The van der Waals surface area contributed by atoms with E-state index >= 15 is 0 Å². The van der Waals surface area contributed by atoms with Gasteiger partial charge in [0, 0.05) is 17.9 Å². The second-order valence-corrected chi connectivity index (χ2v) is 7.91. The van der Waals surface area contributed by atoms with Gasteiger partial charge in [-0.25, -0.2) is 4.79 Å². The number of carbonyl (C=O) groups is 2. The maximum atomic E-state index is 12.7. The number of ketones is 1. The summed E-state index contributed by atoms with van der Waals surface area (Å²) >= 11 is 0. The summed E-state index contributed by atoms with van der Waals surface area (Å²) in [6.07, 6.45) is 3.84. The van der Waals surface area contributed by atoms with Crippen molar-refractivity contribution in [1.82, 2.24) is 0 Å². The molecular weight excluding hydrogens is 397 g/mol. The lowest BCUT2D eigenvalue weighted by Gasteiger charge is -2.44. The number of carboxylic acid groups (broad SMARTS) is 1. The van der Waals surface area contributed by atoms with Crippen molar-refractivity contribution in [2.75, 3.05) is 0 Å². The quantitative estimate of drug-likeness (QED) is 0.521. The van der Waals surface area contributed by atoms with Crippen LogP contribution in [0, 0.1) is 5.41 Å². The number of carboxylic acids is 1. The van der Waals surface area contributed by atoms with Crippen LogP contribution in [0.3, 0.4) is 0 Å². The Morgan fingerprint density at radius 2 is 1.73 bits per heavy atom. The van der Waals surface area contributed by atoms with Gasteiger partial charge in [-0.2, -0.15) is 13.2 Å². The minimum atomic E-state index is -4.43. The second kappa shape index (κ2) is 8.44. The minimum absolute atomic E-state index is 0.0765. The second-order valence-electron chi connectivity index (χ2n) is 7.91. The van der Waals surface area contributed by atoms with E-state index in [0.29, 0.717) is 11.1 Å². The maximum absolute atomic E-state index is 12.7. The van der Waals surface area contributed by atoms with E-state index in [0.717, 1.165) is 18.2 Å². The molecule has 1 aromatic carbocycles. The molecule has 0 aromatic heterocycles. The first-order chi connectivity index (χ1) is 13.7. The van der Waals surface area contributed by atoms with Crippen molar-refractivity contribution in [3.8, 4) is 0 Å². The van der Waals surface area contributed by atoms with Crippen LogP contribution >= 0.6 is 0 Å². The first kappa shape index (κ1) is 23.3. The van der Waals surface area contributed by atoms with Gasteiger partial charge < -0.3 is 10.2 Å². The van der Waals surface area contributed by atoms with Gasteiger partial charge in [-0.1, -0.05) is 44.2 Å². The number of aliphatic carboxylic acids is 1. The number of carbonyl (C=O) groups excluding carboxylic acids is 1. The molecule has 1 aliphatic carbocycles. The third kappa shape index (κ3) is 5.36. The van der Waals surface area contributed by atoms with Crippen molar-refractivity contribution in [2.24, 2.45) is 5.41 Å². The lowest BCUT2D eigenvalue weighted by atomic mass is 9.64. The summed E-state index contributed by atoms with van der Waals surface area (Å²) in [6, 6.07) is 4.50. The molecule has 0 amide bonds. The summed E-state index contributed by atoms with van der Waals surface area (Å²) in [6.45, 7) is 4.99. The Kier molecular flexibility index (Phi) is 6.57. The van der Waals surface area contributed by atoms with Crippen molar-refractivity contribution in [2.45, 2.75) is 39.0 Å². The molecular formula is C23H23F3O4. The third-order valence-corrected chi connectivity index (χ3v) is 5.04. The zero-order chi connectivity index (χ0) is 22.7. The fraction of sp³-hybridized carbons (Fsp3) is 0.304. The van der Waals surface area contributed by atoms with Crippen LogP contribution < -0.4 is 0 Å². The Bertz CT molecular complexity index is 948. The molecule has 0 bridgehead atoms. The van der Waals surface area contributed by atoms with Gasteiger partial charge in [-0.15, -0.1) is 0 Å². The molecule has 1 atom stereocenters. The number of benzene rings is 1. The molecule has 0 radical (unpaired) electrons. The van der Waals surface area contributed by atoms with Crippen LogP contribution in [0.1, 0.15) is 38.3 Å². The zero-order valence-electron chi connectivity index (χ0n) is 16.8. The van der Waals surface area contributed by atoms with E-state index in [1.165, 1.54) is 42.5 Å². The van der Waals surface area contributed by atoms with Crippen LogP contribution in [0.5, 0.6) is 0 Å². The highest BCUT2D eigenvalue weighted by Crippen LogP contribution is 2.45. The van der Waals surface area contributed by atoms with Crippen molar-refractivity contribution < 1.29 is 33.0 Å². The Balaban J connectivity index is 2.41. The Morgan fingerprint density at radius 3 is 2.27 bits per heavy atom. The van der Waals surface area contributed by atoms with E-state index in [9.17, 15) is 27.9 Å².